The number of rotatable bonds is 4. The first-order valence-electron chi connectivity index (χ1n) is 9.04. The molecule has 0 spiro atoms. The predicted octanol–water partition coefficient (Wildman–Crippen LogP) is 3.38. The molecule has 1 aromatic heterocycles. The molecule has 2 aromatic rings. The number of aryl methyl sites for hydroxylation is 1. The van der Waals surface area contributed by atoms with E-state index in [4.69, 9.17) is 4.42 Å². The molecule has 2 heterocycles. The Kier molecular flexibility index (Phi) is 4.66. The van der Waals surface area contributed by atoms with E-state index in [-0.39, 0.29) is 0 Å². The van der Waals surface area contributed by atoms with Gasteiger partial charge in [-0.15, -0.1) is 0 Å². The van der Waals surface area contributed by atoms with Gasteiger partial charge in [0.05, 0.1) is 15.7 Å². The molecule has 0 atom stereocenters. The van der Waals surface area contributed by atoms with Crippen LogP contribution in [0.5, 0.6) is 0 Å². The Bertz CT molecular complexity index is 894. The number of benzene rings is 1. The molecule has 7 heteroatoms. The van der Waals surface area contributed by atoms with Crippen LogP contribution in [0.2, 0.25) is 39.3 Å². The molecule has 142 valence electrons. The monoisotopic (exact) mass is 407 g/mol. The van der Waals surface area contributed by atoms with E-state index in [0.29, 0.717) is 18.0 Å². The molecule has 1 aliphatic rings. The molecule has 26 heavy (non-hydrogen) atoms. The summed E-state index contributed by atoms with van der Waals surface area (Å²) in [7, 11) is -6.87. The fourth-order valence-electron chi connectivity index (χ4n) is 3.48. The van der Waals surface area contributed by atoms with Gasteiger partial charge in [-0.1, -0.05) is 57.0 Å². The summed E-state index contributed by atoms with van der Waals surface area (Å²) >= 11 is 0. The SMILES string of the molecule is Cc1ccc(S(=O)(=O)N2Cc3c([Si](C)(C)C)oc([Si](C)(C)C)c3C2)cc1. The highest BCUT2D eigenvalue weighted by Gasteiger charge is 2.41. The van der Waals surface area contributed by atoms with Crippen molar-refractivity contribution in [1.29, 1.82) is 0 Å². The van der Waals surface area contributed by atoms with Crippen LogP contribution in [-0.2, 0) is 23.1 Å². The van der Waals surface area contributed by atoms with E-state index in [9.17, 15) is 8.42 Å². The highest BCUT2D eigenvalue weighted by molar-refractivity contribution is 7.89. The zero-order valence-corrected chi connectivity index (χ0v) is 19.6. The number of furan rings is 1. The van der Waals surface area contributed by atoms with Crippen molar-refractivity contribution in [3.63, 3.8) is 0 Å². The summed E-state index contributed by atoms with van der Waals surface area (Å²) in [6.45, 7) is 16.4. The summed E-state index contributed by atoms with van der Waals surface area (Å²) in [5.74, 6) is 0. The van der Waals surface area contributed by atoms with Gasteiger partial charge in [-0.05, 0) is 19.1 Å². The van der Waals surface area contributed by atoms with Gasteiger partial charge in [0, 0.05) is 24.2 Å². The van der Waals surface area contributed by atoms with Gasteiger partial charge >= 0.3 is 0 Å². The van der Waals surface area contributed by atoms with Crippen molar-refractivity contribution in [2.24, 2.45) is 0 Å². The van der Waals surface area contributed by atoms with Crippen LogP contribution in [0.15, 0.2) is 33.6 Å². The number of fused-ring (bicyclic) bond motifs is 1. The second-order valence-electron chi connectivity index (χ2n) is 9.30. The molecular formula is C19H29NO3SSi2. The average Bonchev–Trinajstić information content (AvgIpc) is 3.04. The standard InChI is InChI=1S/C19H29NO3SSi2/c1-14-8-10-15(11-9-14)24(21,22)20-12-16-17(13-20)19(26(5,6)7)23-18(16)25(2,3)4/h8-11H,12-13H2,1-7H3. The summed E-state index contributed by atoms with van der Waals surface area (Å²) in [5.41, 5.74) is 3.33. The van der Waals surface area contributed by atoms with Gasteiger partial charge in [-0.25, -0.2) is 8.42 Å². The molecule has 1 aliphatic heterocycles. The van der Waals surface area contributed by atoms with E-state index in [0.717, 1.165) is 27.5 Å². The minimum atomic E-state index is -3.50. The van der Waals surface area contributed by atoms with Crippen LogP contribution in [-0.4, -0.2) is 28.9 Å². The highest BCUT2D eigenvalue weighted by Crippen LogP contribution is 2.30. The Morgan fingerprint density at radius 3 is 1.65 bits per heavy atom. The van der Waals surface area contributed by atoms with Crippen LogP contribution in [0.25, 0.3) is 0 Å². The fourth-order valence-corrected chi connectivity index (χ4v) is 8.05. The molecule has 0 fully saturated rings. The summed E-state index contributed by atoms with van der Waals surface area (Å²) < 4.78 is 34.3. The van der Waals surface area contributed by atoms with E-state index in [1.165, 1.54) is 0 Å². The Morgan fingerprint density at radius 1 is 0.846 bits per heavy atom. The number of nitrogens with zero attached hydrogens (tertiary/aromatic N) is 1. The highest BCUT2D eigenvalue weighted by atomic mass is 32.2. The summed E-state index contributed by atoms with van der Waals surface area (Å²) in [6, 6.07) is 7.12. The van der Waals surface area contributed by atoms with Gasteiger partial charge < -0.3 is 4.42 Å². The molecule has 4 nitrogen and oxygen atoms in total. The minimum absolute atomic E-state index is 0.370. The quantitative estimate of drug-likeness (QED) is 0.730. The molecule has 1 aromatic carbocycles. The summed E-state index contributed by atoms with van der Waals surface area (Å²) in [6.07, 6.45) is 0. The molecular weight excluding hydrogens is 378 g/mol. The average molecular weight is 408 g/mol. The summed E-state index contributed by atoms with van der Waals surface area (Å²) in [4.78, 5) is 0.370. The van der Waals surface area contributed by atoms with Crippen molar-refractivity contribution in [3.8, 4) is 0 Å². The maximum Gasteiger partial charge on any atom is 0.243 e. The van der Waals surface area contributed by atoms with Crippen LogP contribution in [0.3, 0.4) is 0 Å². The maximum atomic E-state index is 13.2. The fraction of sp³-hybridized carbons (Fsp3) is 0.474. The second-order valence-corrected chi connectivity index (χ2v) is 21.1. The third-order valence-corrected chi connectivity index (χ3v) is 10.1. The van der Waals surface area contributed by atoms with Crippen LogP contribution >= 0.6 is 0 Å². The van der Waals surface area contributed by atoms with Crippen LogP contribution in [0, 0.1) is 6.92 Å². The van der Waals surface area contributed by atoms with Gasteiger partial charge in [0.15, 0.2) is 0 Å². The van der Waals surface area contributed by atoms with Crippen molar-refractivity contribution in [2.75, 3.05) is 0 Å². The smallest absolute Gasteiger partial charge is 0.243 e. The zero-order chi connectivity index (χ0) is 19.5. The second kappa shape index (κ2) is 6.19. The topological polar surface area (TPSA) is 50.5 Å². The van der Waals surface area contributed by atoms with Crippen LogP contribution in [0.1, 0.15) is 16.7 Å². The van der Waals surface area contributed by atoms with Crippen LogP contribution < -0.4 is 10.8 Å². The van der Waals surface area contributed by atoms with E-state index < -0.39 is 26.2 Å². The minimum Gasteiger partial charge on any atom is -0.476 e. The van der Waals surface area contributed by atoms with E-state index in [1.807, 2.05) is 19.1 Å². The van der Waals surface area contributed by atoms with Crippen LogP contribution in [0.4, 0.5) is 0 Å². The molecule has 0 saturated heterocycles. The molecule has 0 radical (unpaired) electrons. The lowest BCUT2D eigenvalue weighted by Gasteiger charge is -2.21. The maximum absolute atomic E-state index is 13.2. The number of sulfonamides is 1. The van der Waals surface area contributed by atoms with E-state index in [1.54, 1.807) is 16.4 Å². The molecule has 0 unspecified atom stereocenters. The first-order chi connectivity index (χ1) is 11.8. The van der Waals surface area contributed by atoms with Crippen molar-refractivity contribution in [2.45, 2.75) is 64.2 Å². The van der Waals surface area contributed by atoms with Crippen molar-refractivity contribution >= 4 is 36.9 Å². The number of hydrogen-bond donors (Lipinski definition) is 0. The first kappa shape index (κ1) is 19.6. The van der Waals surface area contributed by atoms with Crippen molar-refractivity contribution in [1.82, 2.24) is 4.31 Å². The molecule has 0 saturated carbocycles. The largest absolute Gasteiger partial charge is 0.476 e. The first-order valence-corrected chi connectivity index (χ1v) is 17.5. The third-order valence-electron chi connectivity index (χ3n) is 4.81. The van der Waals surface area contributed by atoms with E-state index in [2.05, 4.69) is 39.3 Å². The lowest BCUT2D eigenvalue weighted by atomic mass is 10.2. The normalized spacial score (nSPS) is 16.1. The Morgan fingerprint density at radius 2 is 1.27 bits per heavy atom. The Balaban J connectivity index is 2.05. The van der Waals surface area contributed by atoms with Gasteiger partial charge in [0.1, 0.15) is 16.1 Å². The van der Waals surface area contributed by atoms with Gasteiger partial charge in [-0.3, -0.25) is 0 Å². The van der Waals surface area contributed by atoms with Crippen molar-refractivity contribution in [3.05, 3.63) is 41.0 Å². The third kappa shape index (κ3) is 3.37. The lowest BCUT2D eigenvalue weighted by Crippen LogP contribution is -2.43. The molecule has 0 bridgehead atoms. The van der Waals surface area contributed by atoms with E-state index >= 15 is 0 Å². The predicted molar refractivity (Wildman–Crippen MR) is 112 cm³/mol. The van der Waals surface area contributed by atoms with Gasteiger partial charge in [0.2, 0.25) is 10.0 Å². The number of hydrogen-bond acceptors (Lipinski definition) is 3. The lowest BCUT2D eigenvalue weighted by molar-refractivity contribution is 0.426. The Hall–Kier alpha value is -1.16. The molecule has 3 rings (SSSR count). The summed E-state index contributed by atoms with van der Waals surface area (Å²) in [5, 5.41) is 2.15. The van der Waals surface area contributed by atoms with Gasteiger partial charge in [0.25, 0.3) is 0 Å². The molecule has 0 aliphatic carbocycles. The van der Waals surface area contributed by atoms with Crippen molar-refractivity contribution < 1.29 is 12.8 Å². The zero-order valence-electron chi connectivity index (χ0n) is 16.8. The Labute approximate surface area is 159 Å². The molecule has 0 N–H and O–H groups in total. The van der Waals surface area contributed by atoms with Gasteiger partial charge in [-0.2, -0.15) is 4.31 Å². The molecule has 0 amide bonds.